The molecule has 1 atom stereocenters. The van der Waals surface area contributed by atoms with E-state index < -0.39 is 10.0 Å². The zero-order chi connectivity index (χ0) is 10.9. The van der Waals surface area contributed by atoms with Gasteiger partial charge in [0.1, 0.15) is 4.90 Å². The highest BCUT2D eigenvalue weighted by Gasteiger charge is 2.23. The lowest BCUT2D eigenvalue weighted by atomic mass is 10.2. The Kier molecular flexibility index (Phi) is 2.50. The summed E-state index contributed by atoms with van der Waals surface area (Å²) in [6.07, 6.45) is 1.69. The second kappa shape index (κ2) is 3.67. The van der Waals surface area contributed by atoms with Gasteiger partial charge in [0.05, 0.1) is 11.7 Å². The lowest BCUT2D eigenvalue weighted by Crippen LogP contribution is -2.31. The molecule has 1 aliphatic rings. The molecular weight excluding hydrogens is 212 g/mol. The van der Waals surface area contributed by atoms with Gasteiger partial charge in [-0.15, -0.1) is 6.58 Å². The SMILES string of the molecule is C=CC1CNS(=O)(=O)c2ccccc2N1. The minimum atomic E-state index is -3.38. The van der Waals surface area contributed by atoms with Gasteiger partial charge in [0.2, 0.25) is 10.0 Å². The van der Waals surface area contributed by atoms with Gasteiger partial charge >= 0.3 is 0 Å². The number of fused-ring (bicyclic) bond motifs is 1. The van der Waals surface area contributed by atoms with Gasteiger partial charge in [-0.1, -0.05) is 18.2 Å². The molecule has 0 aliphatic carbocycles. The molecule has 4 nitrogen and oxygen atoms in total. The van der Waals surface area contributed by atoms with Gasteiger partial charge in [0.25, 0.3) is 0 Å². The summed E-state index contributed by atoms with van der Waals surface area (Å²) in [5.74, 6) is 0. The number of hydrogen-bond acceptors (Lipinski definition) is 3. The van der Waals surface area contributed by atoms with Gasteiger partial charge in [-0.05, 0) is 12.1 Å². The van der Waals surface area contributed by atoms with Crippen molar-refractivity contribution < 1.29 is 8.42 Å². The topological polar surface area (TPSA) is 58.2 Å². The van der Waals surface area contributed by atoms with Crippen molar-refractivity contribution in [3.8, 4) is 0 Å². The van der Waals surface area contributed by atoms with Gasteiger partial charge in [0.15, 0.2) is 0 Å². The van der Waals surface area contributed by atoms with E-state index in [0.29, 0.717) is 12.2 Å². The van der Waals surface area contributed by atoms with Crippen LogP contribution in [-0.2, 0) is 10.0 Å². The molecule has 0 aromatic heterocycles. The molecule has 0 radical (unpaired) electrons. The van der Waals surface area contributed by atoms with Crippen molar-refractivity contribution in [2.75, 3.05) is 11.9 Å². The second-order valence-corrected chi connectivity index (χ2v) is 5.07. The number of nitrogens with one attached hydrogen (secondary N) is 2. The van der Waals surface area contributed by atoms with E-state index >= 15 is 0 Å². The first-order valence-electron chi connectivity index (χ1n) is 4.61. The molecule has 0 spiro atoms. The fraction of sp³-hybridized carbons (Fsp3) is 0.200. The first kappa shape index (κ1) is 10.2. The number of rotatable bonds is 1. The Morgan fingerprint density at radius 1 is 1.40 bits per heavy atom. The van der Waals surface area contributed by atoms with E-state index in [-0.39, 0.29) is 10.9 Å². The van der Waals surface area contributed by atoms with E-state index in [1.54, 1.807) is 30.3 Å². The van der Waals surface area contributed by atoms with E-state index in [0.717, 1.165) is 0 Å². The predicted octanol–water partition coefficient (Wildman–Crippen LogP) is 0.945. The third-order valence-corrected chi connectivity index (χ3v) is 3.78. The average Bonchev–Trinajstić information content (AvgIpc) is 2.36. The lowest BCUT2D eigenvalue weighted by molar-refractivity contribution is 0.583. The Morgan fingerprint density at radius 3 is 2.87 bits per heavy atom. The maximum Gasteiger partial charge on any atom is 0.242 e. The van der Waals surface area contributed by atoms with Crippen molar-refractivity contribution in [2.24, 2.45) is 0 Å². The highest BCUT2D eigenvalue weighted by Crippen LogP contribution is 2.23. The molecular formula is C10H12N2O2S. The molecule has 5 heteroatoms. The number of sulfonamides is 1. The van der Waals surface area contributed by atoms with Crippen molar-refractivity contribution in [3.63, 3.8) is 0 Å². The van der Waals surface area contributed by atoms with Crippen LogP contribution in [0.3, 0.4) is 0 Å². The molecule has 15 heavy (non-hydrogen) atoms. The molecule has 0 fully saturated rings. The molecule has 1 heterocycles. The normalized spacial score (nSPS) is 23.3. The fourth-order valence-corrected chi connectivity index (χ4v) is 2.72. The molecule has 2 N–H and O–H groups in total. The monoisotopic (exact) mass is 224 g/mol. The van der Waals surface area contributed by atoms with Crippen LogP contribution in [0.1, 0.15) is 0 Å². The Morgan fingerprint density at radius 2 is 2.13 bits per heavy atom. The maximum absolute atomic E-state index is 11.8. The highest BCUT2D eigenvalue weighted by atomic mass is 32.2. The molecule has 2 rings (SSSR count). The molecule has 0 saturated carbocycles. The fourth-order valence-electron chi connectivity index (χ4n) is 1.49. The van der Waals surface area contributed by atoms with E-state index in [1.165, 1.54) is 0 Å². The van der Waals surface area contributed by atoms with Crippen LogP contribution in [0.4, 0.5) is 5.69 Å². The van der Waals surface area contributed by atoms with Gasteiger partial charge in [-0.2, -0.15) is 0 Å². The highest BCUT2D eigenvalue weighted by molar-refractivity contribution is 7.89. The lowest BCUT2D eigenvalue weighted by Gasteiger charge is -2.11. The number of benzene rings is 1. The number of hydrogen-bond donors (Lipinski definition) is 2. The molecule has 1 unspecified atom stereocenters. The zero-order valence-corrected chi connectivity index (χ0v) is 8.92. The van der Waals surface area contributed by atoms with Crippen molar-refractivity contribution in [2.45, 2.75) is 10.9 Å². The van der Waals surface area contributed by atoms with Gasteiger partial charge in [-0.3, -0.25) is 0 Å². The summed E-state index contributed by atoms with van der Waals surface area (Å²) in [6.45, 7) is 3.97. The number of para-hydroxylation sites is 1. The largest absolute Gasteiger partial charge is 0.376 e. The molecule has 0 saturated heterocycles. The predicted molar refractivity (Wildman–Crippen MR) is 59.2 cm³/mol. The third-order valence-electron chi connectivity index (χ3n) is 2.30. The quantitative estimate of drug-likeness (QED) is 0.698. The van der Waals surface area contributed by atoms with E-state index in [9.17, 15) is 8.42 Å². The minimum absolute atomic E-state index is 0.0802. The van der Waals surface area contributed by atoms with Crippen LogP contribution in [0, 0.1) is 0 Å². The van der Waals surface area contributed by atoms with E-state index in [4.69, 9.17) is 0 Å². The first-order chi connectivity index (χ1) is 7.13. The molecule has 1 aliphatic heterocycles. The van der Waals surface area contributed by atoms with E-state index in [1.807, 2.05) is 0 Å². The van der Waals surface area contributed by atoms with E-state index in [2.05, 4.69) is 16.6 Å². The molecule has 0 bridgehead atoms. The Hall–Kier alpha value is -1.33. The number of anilines is 1. The first-order valence-corrected chi connectivity index (χ1v) is 6.09. The van der Waals surface area contributed by atoms with Crippen LogP contribution in [-0.4, -0.2) is 21.0 Å². The van der Waals surface area contributed by atoms with Crippen LogP contribution >= 0.6 is 0 Å². The molecule has 0 amide bonds. The van der Waals surface area contributed by atoms with Crippen LogP contribution in [0.25, 0.3) is 0 Å². The van der Waals surface area contributed by atoms with Crippen LogP contribution < -0.4 is 10.0 Å². The molecule has 1 aromatic rings. The summed E-state index contributed by atoms with van der Waals surface area (Å²) in [5.41, 5.74) is 0.618. The van der Waals surface area contributed by atoms with Crippen LogP contribution in [0.5, 0.6) is 0 Å². The summed E-state index contributed by atoms with van der Waals surface area (Å²) >= 11 is 0. The van der Waals surface area contributed by atoms with Crippen molar-refractivity contribution >= 4 is 15.7 Å². The summed E-state index contributed by atoms with van der Waals surface area (Å²) in [7, 11) is -3.38. The molecule has 80 valence electrons. The Balaban J connectivity index is 2.54. The van der Waals surface area contributed by atoms with Crippen LogP contribution in [0.15, 0.2) is 41.8 Å². The maximum atomic E-state index is 11.8. The summed E-state index contributed by atoms with van der Waals surface area (Å²) in [6, 6.07) is 6.75. The van der Waals surface area contributed by atoms with Gasteiger partial charge in [-0.25, -0.2) is 13.1 Å². The van der Waals surface area contributed by atoms with Crippen molar-refractivity contribution in [3.05, 3.63) is 36.9 Å². The third kappa shape index (κ3) is 1.88. The van der Waals surface area contributed by atoms with Crippen molar-refractivity contribution in [1.82, 2.24) is 4.72 Å². The summed E-state index contributed by atoms with van der Waals surface area (Å²) in [4.78, 5) is 0.286. The standard InChI is InChI=1S/C10H12N2O2S/c1-2-8-7-11-15(13,14)10-6-4-3-5-9(10)12-8/h2-6,8,11-12H,1,7H2. The minimum Gasteiger partial charge on any atom is -0.376 e. The molecule has 1 aromatic carbocycles. The van der Waals surface area contributed by atoms with Gasteiger partial charge in [0, 0.05) is 6.54 Å². The van der Waals surface area contributed by atoms with Gasteiger partial charge < -0.3 is 5.32 Å². The smallest absolute Gasteiger partial charge is 0.242 e. The zero-order valence-electron chi connectivity index (χ0n) is 8.10. The second-order valence-electron chi connectivity index (χ2n) is 3.33. The summed E-state index contributed by atoms with van der Waals surface area (Å²) < 4.78 is 26.1. The van der Waals surface area contributed by atoms with Crippen molar-refractivity contribution in [1.29, 1.82) is 0 Å². The van der Waals surface area contributed by atoms with Crippen LogP contribution in [0.2, 0.25) is 0 Å². The summed E-state index contributed by atoms with van der Waals surface area (Å²) in [5, 5.41) is 3.11. The average molecular weight is 224 g/mol. The Bertz CT molecular complexity index is 482. The Labute approximate surface area is 89.1 Å².